The summed E-state index contributed by atoms with van der Waals surface area (Å²) >= 11 is 0. The predicted octanol–water partition coefficient (Wildman–Crippen LogP) is 7.59. The molecule has 2 aliphatic heterocycles. The van der Waals surface area contributed by atoms with Crippen LogP contribution < -0.4 is 26.4 Å². The summed E-state index contributed by atoms with van der Waals surface area (Å²) in [5.41, 5.74) is 13.7. The van der Waals surface area contributed by atoms with Gasteiger partial charge in [-0.15, -0.1) is 0 Å². The maximum atomic E-state index is 14.9. The van der Waals surface area contributed by atoms with Crippen molar-refractivity contribution in [3.05, 3.63) is 123 Å². The van der Waals surface area contributed by atoms with Gasteiger partial charge in [-0.1, -0.05) is 80.3 Å². The van der Waals surface area contributed by atoms with E-state index in [9.17, 15) is 30.0 Å². The van der Waals surface area contributed by atoms with Crippen LogP contribution in [0.1, 0.15) is 129 Å². The zero-order valence-corrected chi connectivity index (χ0v) is 43.7. The Labute approximate surface area is 441 Å². The van der Waals surface area contributed by atoms with E-state index >= 15 is 0 Å². The first-order valence-corrected chi connectivity index (χ1v) is 28.2. The highest BCUT2D eigenvalue weighted by Crippen LogP contribution is 2.66. The minimum atomic E-state index is -1.32. The monoisotopic (exact) mass is 1010 g/mol. The predicted molar refractivity (Wildman–Crippen MR) is 291 cm³/mol. The van der Waals surface area contributed by atoms with Crippen molar-refractivity contribution in [2.24, 2.45) is 52.6 Å². The van der Waals surface area contributed by atoms with Crippen molar-refractivity contribution in [2.45, 2.75) is 126 Å². The summed E-state index contributed by atoms with van der Waals surface area (Å²) in [5, 5.41) is 61.7. The number of H-pyrrole nitrogens is 1. The van der Waals surface area contributed by atoms with E-state index in [1.54, 1.807) is 12.1 Å². The number of fused-ring (bicyclic) bond motifs is 3. The second kappa shape index (κ2) is 20.0. The largest absolute Gasteiger partial charge is 0.504 e. The van der Waals surface area contributed by atoms with Crippen LogP contribution in [-0.4, -0.2) is 94.6 Å². The summed E-state index contributed by atoms with van der Waals surface area (Å²) in [6, 6.07) is 18.2. The average molecular weight is 1010 g/mol. The van der Waals surface area contributed by atoms with Crippen molar-refractivity contribution in [2.75, 3.05) is 33.3 Å². The van der Waals surface area contributed by atoms with E-state index in [1.807, 2.05) is 18.2 Å². The Morgan fingerprint density at radius 1 is 0.987 bits per heavy atom. The third-order valence-corrected chi connectivity index (χ3v) is 20.1. The molecule has 12 nitrogen and oxygen atoms in total. The van der Waals surface area contributed by atoms with Crippen LogP contribution >= 0.6 is 0 Å². The minimum absolute atomic E-state index is 0.0294. The molecule has 0 bridgehead atoms. The van der Waals surface area contributed by atoms with E-state index in [1.165, 1.54) is 29.5 Å². The van der Waals surface area contributed by atoms with Gasteiger partial charge in [0.2, 0.25) is 0 Å². The number of rotatable bonds is 13. The van der Waals surface area contributed by atoms with Crippen LogP contribution in [-0.2, 0) is 16.0 Å². The van der Waals surface area contributed by atoms with Crippen molar-refractivity contribution in [3.63, 3.8) is 0 Å². The van der Waals surface area contributed by atoms with Crippen LogP contribution in [0, 0.1) is 58.7 Å². The Morgan fingerprint density at radius 2 is 1.83 bits per heavy atom. The number of aromatic nitrogens is 1. The molecule has 1 spiro atoms. The number of aryl methyl sites for hydroxylation is 1. The van der Waals surface area contributed by atoms with Crippen molar-refractivity contribution >= 4 is 28.4 Å². The highest BCUT2D eigenvalue weighted by molar-refractivity contribution is 5.90. The normalized spacial score (nSPS) is 33.7. The van der Waals surface area contributed by atoms with E-state index in [4.69, 9.17) is 10.5 Å². The molecule has 6 aliphatic carbocycles. The quantitative estimate of drug-likeness (QED) is 0.0598. The number of aromatic hydroxyl groups is 1. The summed E-state index contributed by atoms with van der Waals surface area (Å²) in [7, 11) is 1.50. The van der Waals surface area contributed by atoms with E-state index in [0.717, 1.165) is 66.4 Å². The number of Topliss-reactive ketones (excluding diaryl/α,β-unsaturated/α-hetero) is 2. The standard InChI is InChI=1S/C63H75N5O7/c1-4-33-29-67-56(64)27-46(33)45(36-11-10-34-8-6-7-9-35(34)20-36)26-51(71)50(70)22-38-16-18-63(54(73)15-13-37-23-53(75-3)52(72)25-43(37)38)19-17-39(24-55(63)74)44-21-41-31-66-48-28-49(69)42-14-12-40-30-68-62-58(40)59(42)61(48)57(41)60(62)47(44)32-65-5-2/h6-12,14,20,23,25,27,30,38-39,41-42,44-45,47-48,50-51,55,57,59-61,65-68,70-72,74H,4-5,13,15,17,19,21-22,24,26,28-29,31-32,64H2,1-3H3/t38-,39+,41-,42+,44+,45-,47+,48-,50+,51-,55-,57+,59-,60-,61-,63-/m1/s1. The summed E-state index contributed by atoms with van der Waals surface area (Å²) in [6.45, 7) is 7.48. The smallest absolute Gasteiger partial charge is 0.160 e. The van der Waals surface area contributed by atoms with Crippen LogP contribution in [0.15, 0.2) is 89.9 Å². The highest BCUT2D eigenvalue weighted by Gasteiger charge is 2.63. The van der Waals surface area contributed by atoms with Crippen molar-refractivity contribution in [1.82, 2.24) is 20.9 Å². The fourth-order valence-corrected chi connectivity index (χ4v) is 16.5. The highest BCUT2D eigenvalue weighted by atomic mass is 16.5. The molecule has 0 amide bonds. The molecule has 3 saturated carbocycles. The Kier molecular flexibility index (Phi) is 13.4. The number of hydrogen-bond acceptors (Lipinski definition) is 11. The van der Waals surface area contributed by atoms with Crippen molar-refractivity contribution in [3.8, 4) is 23.3 Å². The van der Waals surface area contributed by atoms with Gasteiger partial charge in [-0.2, -0.15) is 0 Å². The molecule has 394 valence electrons. The van der Waals surface area contributed by atoms with Crippen LogP contribution in [0.4, 0.5) is 0 Å². The first-order valence-electron chi connectivity index (χ1n) is 28.2. The van der Waals surface area contributed by atoms with Gasteiger partial charge in [-0.25, -0.2) is 0 Å². The van der Waals surface area contributed by atoms with E-state index in [0.29, 0.717) is 84.9 Å². The molecule has 3 heterocycles. The molecule has 1 saturated heterocycles. The Bertz CT molecular complexity index is 3050. The molecule has 3 aromatic carbocycles. The third kappa shape index (κ3) is 8.56. The average Bonchev–Trinajstić information content (AvgIpc) is 3.88. The van der Waals surface area contributed by atoms with Gasteiger partial charge in [0.25, 0.3) is 0 Å². The molecule has 4 aromatic rings. The van der Waals surface area contributed by atoms with Gasteiger partial charge in [0, 0.05) is 66.9 Å². The number of nitrogens with two attached hydrogens (primary N) is 1. The number of aromatic amines is 1. The molecule has 12 rings (SSSR count). The number of methoxy groups -OCH3 is 1. The lowest BCUT2D eigenvalue weighted by atomic mass is 9.44. The third-order valence-electron chi connectivity index (χ3n) is 20.1. The molecule has 1 aromatic heterocycles. The number of benzene rings is 3. The van der Waals surface area contributed by atoms with Gasteiger partial charge < -0.3 is 51.8 Å². The first-order chi connectivity index (χ1) is 36.4. The fraction of sp³-hybridized carbons (Fsp3) is 0.524. The molecule has 10 N–H and O–H groups in total. The molecule has 0 unspecified atom stereocenters. The second-order valence-electron chi connectivity index (χ2n) is 23.6. The number of ketones is 2. The number of carbonyl (C=O) groups excluding carboxylic acids is 2. The maximum absolute atomic E-state index is 14.9. The summed E-state index contributed by atoms with van der Waals surface area (Å²) in [4.78, 5) is 32.4. The van der Waals surface area contributed by atoms with E-state index < -0.39 is 29.6 Å². The van der Waals surface area contributed by atoms with Crippen LogP contribution in [0.25, 0.3) is 16.8 Å². The number of phenols is 1. The SMILES string of the molecule is CCNC[C@H]1[C@H]([C@H]2CC[C@@]3(C#C[C@H](C[C@H](O)[C@H](O)C[C@@H](C4=C(CC)CNC(N)=C4)c4ccc5ccccc5c4)c4cc(O)c(OC)cc4CCC3=O)[C@H](O)C2)C[C@@H]2CN[C@@H]3CC(=O)[C@@H]4C=Cc5c[nH]c6c5[C@@H]4[C@H]3[C@@H]2[C@H]61. The molecule has 0 radical (unpaired) electrons. The Hall–Kier alpha value is -5.68. The summed E-state index contributed by atoms with van der Waals surface area (Å²) in [6.07, 6.45) is 9.80. The van der Waals surface area contributed by atoms with E-state index in [2.05, 4.69) is 95.3 Å². The number of carbonyl (C=O) groups is 2. The maximum Gasteiger partial charge on any atom is 0.160 e. The molecule has 75 heavy (non-hydrogen) atoms. The number of phenolic OH excluding ortho intramolecular Hbond substituents is 1. The van der Waals surface area contributed by atoms with Gasteiger partial charge in [-0.05, 0) is 174 Å². The van der Waals surface area contributed by atoms with Crippen LogP contribution in [0.2, 0.25) is 0 Å². The van der Waals surface area contributed by atoms with Gasteiger partial charge in [-0.3, -0.25) is 9.59 Å². The van der Waals surface area contributed by atoms with Crippen LogP contribution in [0.5, 0.6) is 11.5 Å². The number of aliphatic hydroxyl groups is 3. The minimum Gasteiger partial charge on any atom is -0.504 e. The lowest BCUT2D eigenvalue weighted by Gasteiger charge is -2.62. The van der Waals surface area contributed by atoms with Gasteiger partial charge >= 0.3 is 0 Å². The number of dihydropyridines is 1. The molecular formula is C63H75N5O7. The van der Waals surface area contributed by atoms with Gasteiger partial charge in [0.15, 0.2) is 17.3 Å². The van der Waals surface area contributed by atoms with Crippen molar-refractivity contribution < 1.29 is 34.8 Å². The number of nitrogens with one attached hydrogen (secondary N) is 4. The molecule has 4 fully saturated rings. The fourth-order valence-electron chi connectivity index (χ4n) is 16.5. The zero-order valence-electron chi connectivity index (χ0n) is 43.7. The molecule has 12 heteroatoms. The van der Waals surface area contributed by atoms with Crippen LogP contribution in [0.3, 0.4) is 0 Å². The molecular weight excluding hydrogens is 939 g/mol. The number of aliphatic hydroxyl groups excluding tert-OH is 3. The number of allylic oxidation sites excluding steroid dienone is 3. The topological polar surface area (TPSA) is 202 Å². The zero-order chi connectivity index (χ0) is 51.9. The van der Waals surface area contributed by atoms with Gasteiger partial charge in [0.05, 0.1) is 31.2 Å². The summed E-state index contributed by atoms with van der Waals surface area (Å²) < 4.78 is 5.58. The lowest BCUT2D eigenvalue weighted by Crippen LogP contribution is -2.64. The lowest BCUT2D eigenvalue weighted by molar-refractivity contribution is -0.137. The molecule has 16 atom stereocenters. The molecule has 8 aliphatic rings. The second-order valence-corrected chi connectivity index (χ2v) is 23.6. The number of ether oxygens (including phenoxy) is 1. The number of piperidine rings is 1. The first kappa shape index (κ1) is 50.2. The number of hydrogen-bond donors (Lipinski definition) is 9. The van der Waals surface area contributed by atoms with Crippen molar-refractivity contribution in [1.29, 1.82) is 0 Å². The Morgan fingerprint density at radius 3 is 2.63 bits per heavy atom. The Balaban J connectivity index is 0.850. The summed E-state index contributed by atoms with van der Waals surface area (Å²) in [5.74, 6) is 9.44. The van der Waals surface area contributed by atoms with Gasteiger partial charge in [0.1, 0.15) is 11.2 Å². The van der Waals surface area contributed by atoms with E-state index in [-0.39, 0.29) is 66.3 Å².